The van der Waals surface area contributed by atoms with E-state index in [1.54, 1.807) is 24.3 Å². The highest BCUT2D eigenvalue weighted by molar-refractivity contribution is 9.10. The number of ketones is 1. The van der Waals surface area contributed by atoms with Gasteiger partial charge in [0.05, 0.1) is 11.6 Å². The van der Waals surface area contributed by atoms with Crippen molar-refractivity contribution in [3.05, 3.63) is 76.3 Å². The number of halogens is 1. The lowest BCUT2D eigenvalue weighted by atomic mass is 9.71. The Morgan fingerprint density at radius 2 is 2.04 bits per heavy atom. The van der Waals surface area contributed by atoms with Gasteiger partial charge >= 0.3 is 0 Å². The molecule has 2 atom stereocenters. The van der Waals surface area contributed by atoms with Crippen LogP contribution in [0.3, 0.4) is 0 Å². The van der Waals surface area contributed by atoms with Gasteiger partial charge in [0.25, 0.3) is 5.91 Å². The number of carbonyl (C=O) groups excluding carboxylic acids is 2. The van der Waals surface area contributed by atoms with Gasteiger partial charge < -0.3 is 10.0 Å². The summed E-state index contributed by atoms with van der Waals surface area (Å²) in [6.45, 7) is 3.99. The zero-order valence-corrected chi connectivity index (χ0v) is 15.7. The van der Waals surface area contributed by atoms with E-state index in [-0.39, 0.29) is 12.3 Å². The van der Waals surface area contributed by atoms with Crippen LogP contribution >= 0.6 is 15.9 Å². The molecule has 0 bridgehead atoms. The van der Waals surface area contributed by atoms with Crippen molar-refractivity contribution in [1.29, 1.82) is 0 Å². The zero-order chi connectivity index (χ0) is 18.5. The van der Waals surface area contributed by atoms with E-state index in [0.29, 0.717) is 29.7 Å². The van der Waals surface area contributed by atoms with Crippen molar-refractivity contribution in [2.24, 2.45) is 5.92 Å². The normalized spacial score (nSPS) is 24.4. The molecule has 0 saturated heterocycles. The number of fused-ring (bicyclic) bond motifs is 2. The summed E-state index contributed by atoms with van der Waals surface area (Å²) in [4.78, 5) is 27.9. The SMILES string of the molecule is C=CCN1C(=O)[C@@](O)([C@@H]2CCc3ccccc3C2=O)c2cc(Br)ccc21. The van der Waals surface area contributed by atoms with Gasteiger partial charge in [0.2, 0.25) is 0 Å². The second-order valence-electron chi connectivity index (χ2n) is 6.74. The fourth-order valence-electron chi connectivity index (χ4n) is 4.12. The topological polar surface area (TPSA) is 57.6 Å². The molecule has 2 aliphatic rings. The summed E-state index contributed by atoms with van der Waals surface area (Å²) in [5, 5.41) is 11.6. The summed E-state index contributed by atoms with van der Waals surface area (Å²) < 4.78 is 0.756. The monoisotopic (exact) mass is 411 g/mol. The number of anilines is 1. The summed E-state index contributed by atoms with van der Waals surface area (Å²) >= 11 is 3.41. The molecule has 0 fully saturated rings. The van der Waals surface area contributed by atoms with E-state index in [4.69, 9.17) is 0 Å². The average Bonchev–Trinajstić information content (AvgIpc) is 2.85. The summed E-state index contributed by atoms with van der Waals surface area (Å²) in [7, 11) is 0. The molecule has 26 heavy (non-hydrogen) atoms. The Labute approximate surface area is 160 Å². The number of nitrogens with zero attached hydrogens (tertiary/aromatic N) is 1. The molecule has 4 nitrogen and oxygen atoms in total. The van der Waals surface area contributed by atoms with Gasteiger partial charge in [-0.25, -0.2) is 0 Å². The molecule has 1 N–H and O–H groups in total. The second-order valence-corrected chi connectivity index (χ2v) is 7.66. The summed E-state index contributed by atoms with van der Waals surface area (Å²) in [6.07, 6.45) is 2.71. The maximum absolute atomic E-state index is 13.2. The molecule has 0 unspecified atom stereocenters. The maximum atomic E-state index is 13.2. The van der Waals surface area contributed by atoms with Crippen LogP contribution in [0.1, 0.15) is 27.9 Å². The molecule has 1 amide bonds. The Morgan fingerprint density at radius 3 is 2.81 bits per heavy atom. The third-order valence-corrected chi connectivity index (χ3v) is 5.84. The second kappa shape index (κ2) is 6.18. The van der Waals surface area contributed by atoms with Crippen LogP contribution in [0.2, 0.25) is 0 Å². The van der Waals surface area contributed by atoms with E-state index in [9.17, 15) is 14.7 Å². The first-order chi connectivity index (χ1) is 12.5. The number of aryl methyl sites for hydroxylation is 1. The summed E-state index contributed by atoms with van der Waals surface area (Å²) in [5.74, 6) is -1.43. The molecule has 1 heterocycles. The van der Waals surface area contributed by atoms with Gasteiger partial charge in [-0.1, -0.05) is 46.3 Å². The smallest absolute Gasteiger partial charge is 0.264 e. The summed E-state index contributed by atoms with van der Waals surface area (Å²) in [6, 6.07) is 12.8. The van der Waals surface area contributed by atoms with Gasteiger partial charge in [0.15, 0.2) is 11.4 Å². The van der Waals surface area contributed by atoms with Crippen molar-refractivity contribution in [2.75, 3.05) is 11.4 Å². The molecule has 132 valence electrons. The van der Waals surface area contributed by atoms with E-state index in [0.717, 1.165) is 10.0 Å². The molecule has 4 rings (SSSR count). The fourth-order valence-corrected chi connectivity index (χ4v) is 4.48. The number of Topliss-reactive ketones (excluding diaryl/α,β-unsaturated/α-hetero) is 1. The van der Waals surface area contributed by atoms with E-state index < -0.39 is 17.4 Å². The molecule has 5 heteroatoms. The van der Waals surface area contributed by atoms with E-state index in [1.165, 1.54) is 4.90 Å². The minimum absolute atomic E-state index is 0.172. The van der Waals surface area contributed by atoms with Crippen LogP contribution in [0, 0.1) is 5.92 Å². The van der Waals surface area contributed by atoms with Crippen molar-refractivity contribution in [3.8, 4) is 0 Å². The van der Waals surface area contributed by atoms with Crippen LogP contribution in [0.15, 0.2) is 59.6 Å². The Kier molecular flexibility index (Phi) is 4.09. The molecule has 1 aliphatic carbocycles. The predicted octanol–water partition coefficient (Wildman–Crippen LogP) is 3.61. The number of hydrogen-bond donors (Lipinski definition) is 1. The number of hydrogen-bond acceptors (Lipinski definition) is 3. The Hall–Kier alpha value is -2.24. The lowest BCUT2D eigenvalue weighted by Crippen LogP contribution is -2.49. The first-order valence-electron chi connectivity index (χ1n) is 8.56. The number of amides is 1. The average molecular weight is 412 g/mol. The molecule has 0 saturated carbocycles. The van der Waals surface area contributed by atoms with Gasteiger partial charge in [-0.2, -0.15) is 0 Å². The highest BCUT2D eigenvalue weighted by Crippen LogP contribution is 2.49. The molecule has 2 aromatic rings. The molecular formula is C21H18BrNO3. The van der Waals surface area contributed by atoms with Gasteiger partial charge in [-0.15, -0.1) is 6.58 Å². The highest BCUT2D eigenvalue weighted by atomic mass is 79.9. The molecule has 1 aliphatic heterocycles. The first-order valence-corrected chi connectivity index (χ1v) is 9.35. The van der Waals surface area contributed by atoms with Crippen molar-refractivity contribution < 1.29 is 14.7 Å². The van der Waals surface area contributed by atoms with E-state index in [1.807, 2.05) is 24.3 Å². The number of rotatable bonds is 3. The number of benzene rings is 2. The van der Waals surface area contributed by atoms with Crippen LogP contribution in [0.25, 0.3) is 0 Å². The molecule has 2 aromatic carbocycles. The Balaban J connectivity index is 1.86. The van der Waals surface area contributed by atoms with Gasteiger partial charge in [-0.05, 0) is 36.6 Å². The largest absolute Gasteiger partial charge is 0.375 e. The highest BCUT2D eigenvalue weighted by Gasteiger charge is 2.57. The van der Waals surface area contributed by atoms with Crippen LogP contribution in [-0.2, 0) is 16.8 Å². The summed E-state index contributed by atoms with van der Waals surface area (Å²) in [5.41, 5.74) is 0.833. The standard InChI is InChI=1S/C21H18BrNO3/c1-2-11-23-18-10-8-14(22)12-17(18)21(26,20(23)25)16-9-7-13-5-3-4-6-15(13)19(16)24/h2-6,8,10,12,16,26H,1,7,9,11H2/t16-,21-/m1/s1. The van der Waals surface area contributed by atoms with E-state index >= 15 is 0 Å². The maximum Gasteiger partial charge on any atom is 0.264 e. The third-order valence-electron chi connectivity index (χ3n) is 5.35. The van der Waals surface area contributed by atoms with Crippen LogP contribution in [0.5, 0.6) is 0 Å². The third kappa shape index (κ3) is 2.31. The number of carbonyl (C=O) groups is 2. The Bertz CT molecular complexity index is 939. The fraction of sp³-hybridized carbons (Fsp3) is 0.238. The molecule has 0 radical (unpaired) electrons. The lowest BCUT2D eigenvalue weighted by molar-refractivity contribution is -0.140. The van der Waals surface area contributed by atoms with Crippen molar-refractivity contribution in [1.82, 2.24) is 0 Å². The minimum atomic E-state index is -1.85. The Morgan fingerprint density at radius 1 is 1.27 bits per heavy atom. The van der Waals surface area contributed by atoms with Gasteiger partial charge in [-0.3, -0.25) is 9.59 Å². The van der Waals surface area contributed by atoms with Gasteiger partial charge in [0, 0.05) is 22.1 Å². The van der Waals surface area contributed by atoms with Crippen molar-refractivity contribution in [3.63, 3.8) is 0 Å². The van der Waals surface area contributed by atoms with Crippen molar-refractivity contribution >= 4 is 33.3 Å². The first kappa shape index (κ1) is 17.2. The van der Waals surface area contributed by atoms with Crippen molar-refractivity contribution in [2.45, 2.75) is 18.4 Å². The molecule has 0 aromatic heterocycles. The van der Waals surface area contributed by atoms with Crippen LogP contribution in [0.4, 0.5) is 5.69 Å². The molecule has 0 spiro atoms. The number of aliphatic hydroxyl groups is 1. The zero-order valence-electron chi connectivity index (χ0n) is 14.1. The van der Waals surface area contributed by atoms with Gasteiger partial charge in [0.1, 0.15) is 0 Å². The minimum Gasteiger partial charge on any atom is -0.375 e. The predicted molar refractivity (Wildman–Crippen MR) is 103 cm³/mol. The van der Waals surface area contributed by atoms with Crippen LogP contribution in [-0.4, -0.2) is 23.3 Å². The van der Waals surface area contributed by atoms with Crippen LogP contribution < -0.4 is 4.90 Å². The molecular weight excluding hydrogens is 394 g/mol. The quantitative estimate of drug-likeness (QED) is 0.784. The van der Waals surface area contributed by atoms with E-state index in [2.05, 4.69) is 22.5 Å². The lowest BCUT2D eigenvalue weighted by Gasteiger charge is -2.34.